The summed E-state index contributed by atoms with van der Waals surface area (Å²) in [7, 11) is 0. The van der Waals surface area contributed by atoms with Gasteiger partial charge in [-0.2, -0.15) is 0 Å². The first-order valence-corrected chi connectivity index (χ1v) is 19.9. The van der Waals surface area contributed by atoms with Crippen molar-refractivity contribution in [3.8, 4) is 0 Å². The Morgan fingerprint density at radius 2 is 1.48 bits per heavy atom. The summed E-state index contributed by atoms with van der Waals surface area (Å²) in [5.41, 5.74) is 1.33. The maximum Gasteiger partial charge on any atom is 0.250 e. The Hall–Kier alpha value is -4.43. The first-order chi connectivity index (χ1) is 27.0. The molecule has 2 saturated heterocycles. The third-order valence-corrected chi connectivity index (χ3v) is 9.67. The van der Waals surface area contributed by atoms with Gasteiger partial charge in [0.05, 0.1) is 38.3 Å². The highest BCUT2D eigenvalue weighted by Gasteiger charge is 2.39. The molecule has 0 aromatic heterocycles. The smallest absolute Gasteiger partial charge is 0.250 e. The Bertz CT molecular complexity index is 1500. The standard InChI is InChI=1S/C37H54N6O12S/c1-3-16-52-18-20-54-21-19-53-17-13-39-36(50)28(25-56-29-22-35(49)43(37(29)51)14-11-30(44)38-4-2)41-32(46)24-55-23-31(45)40-27-8-5-26(6-9-27)7-10-33(47)42-15-12-34(42)48/h5-6,8-9,28-29H,3-4,7,10-25H2,1-2H3,(H,38,44)(H,39,50)(H,40,45)(H,41,46)/t28-,29?/m1/s1. The zero-order chi connectivity index (χ0) is 40.7. The molecule has 310 valence electrons. The van der Waals surface area contributed by atoms with Gasteiger partial charge in [0.1, 0.15) is 19.3 Å². The maximum absolute atomic E-state index is 13.2. The number of β-lactam (4-membered cyclic amide) rings is 1. The summed E-state index contributed by atoms with van der Waals surface area (Å²) in [6, 6.07) is 5.71. The highest BCUT2D eigenvalue weighted by atomic mass is 32.2. The van der Waals surface area contributed by atoms with Gasteiger partial charge in [0.15, 0.2) is 0 Å². The van der Waals surface area contributed by atoms with Crippen LogP contribution in [0.1, 0.15) is 51.5 Å². The molecule has 18 nitrogen and oxygen atoms in total. The summed E-state index contributed by atoms with van der Waals surface area (Å²) >= 11 is 1.04. The van der Waals surface area contributed by atoms with E-state index in [1.165, 1.54) is 4.90 Å². The second-order valence-electron chi connectivity index (χ2n) is 12.8. The van der Waals surface area contributed by atoms with Crippen LogP contribution in [-0.2, 0) is 63.7 Å². The predicted octanol–water partition coefficient (Wildman–Crippen LogP) is -0.219. The van der Waals surface area contributed by atoms with Gasteiger partial charge >= 0.3 is 0 Å². The summed E-state index contributed by atoms with van der Waals surface area (Å²) in [4.78, 5) is 102. The highest BCUT2D eigenvalue weighted by Crippen LogP contribution is 2.26. The number of benzene rings is 1. The molecule has 2 fully saturated rings. The van der Waals surface area contributed by atoms with E-state index in [4.69, 9.17) is 18.9 Å². The number of ether oxygens (including phenoxy) is 4. The zero-order valence-corrected chi connectivity index (χ0v) is 32.9. The SMILES string of the molecule is CCCOCCOCCOCCNC(=O)[C@@H](CSC1CC(=O)N(CCC(=O)NCC)C1=O)NC(=O)COCC(=O)Nc1ccc(CCC(=O)N2CCC2=O)cc1. The third-order valence-electron chi connectivity index (χ3n) is 8.38. The van der Waals surface area contributed by atoms with Crippen molar-refractivity contribution in [2.24, 2.45) is 0 Å². The number of hydrogen-bond donors (Lipinski definition) is 4. The Morgan fingerprint density at radius 3 is 2.12 bits per heavy atom. The van der Waals surface area contributed by atoms with Crippen LogP contribution in [0.5, 0.6) is 0 Å². The first kappa shape index (κ1) is 46.0. The van der Waals surface area contributed by atoms with E-state index in [0.29, 0.717) is 64.7 Å². The summed E-state index contributed by atoms with van der Waals surface area (Å²) in [5, 5.41) is 9.75. The minimum absolute atomic E-state index is 0.0251. The molecule has 2 aliphatic rings. The minimum Gasteiger partial charge on any atom is -0.379 e. The molecule has 0 spiro atoms. The molecule has 0 radical (unpaired) electrons. The van der Waals surface area contributed by atoms with Crippen LogP contribution in [0, 0.1) is 0 Å². The number of imide groups is 2. The molecule has 1 aromatic rings. The summed E-state index contributed by atoms with van der Waals surface area (Å²) in [6.45, 7) is 6.16. The number of anilines is 1. The van der Waals surface area contributed by atoms with Crippen LogP contribution in [0.3, 0.4) is 0 Å². The fraction of sp³-hybridized carbons (Fsp3) is 0.622. The summed E-state index contributed by atoms with van der Waals surface area (Å²) in [6.07, 6.45) is 1.83. The molecule has 0 saturated carbocycles. The van der Waals surface area contributed by atoms with Crippen molar-refractivity contribution in [1.82, 2.24) is 25.8 Å². The predicted molar refractivity (Wildman–Crippen MR) is 204 cm³/mol. The van der Waals surface area contributed by atoms with E-state index >= 15 is 0 Å². The lowest BCUT2D eigenvalue weighted by molar-refractivity contribution is -0.152. The number of rotatable bonds is 28. The average molecular weight is 807 g/mol. The lowest BCUT2D eigenvalue weighted by Gasteiger charge is -2.28. The molecular weight excluding hydrogens is 753 g/mol. The highest BCUT2D eigenvalue weighted by molar-refractivity contribution is 8.00. The van der Waals surface area contributed by atoms with Crippen molar-refractivity contribution >= 4 is 64.7 Å². The van der Waals surface area contributed by atoms with Gasteiger partial charge in [-0.25, -0.2) is 0 Å². The number of hydrogen-bond acceptors (Lipinski definition) is 13. The Kier molecular flexibility index (Phi) is 21.1. The van der Waals surface area contributed by atoms with Crippen molar-refractivity contribution in [3.05, 3.63) is 29.8 Å². The number of carbonyl (C=O) groups is 8. The largest absolute Gasteiger partial charge is 0.379 e. The fourth-order valence-corrected chi connectivity index (χ4v) is 6.55. The number of nitrogens with zero attached hydrogens (tertiary/aromatic N) is 2. The van der Waals surface area contributed by atoms with Gasteiger partial charge in [0, 0.05) is 69.9 Å². The lowest BCUT2D eigenvalue weighted by Crippen LogP contribution is -2.50. The van der Waals surface area contributed by atoms with Crippen molar-refractivity contribution < 1.29 is 57.3 Å². The monoisotopic (exact) mass is 806 g/mol. The molecule has 1 unspecified atom stereocenters. The van der Waals surface area contributed by atoms with Gasteiger partial charge in [-0.15, -0.1) is 11.8 Å². The number of likely N-dealkylation sites (tertiary alicyclic amines) is 2. The van der Waals surface area contributed by atoms with Crippen LogP contribution in [-0.4, -0.2) is 153 Å². The molecule has 56 heavy (non-hydrogen) atoms. The molecular formula is C37H54N6O12S. The molecule has 3 rings (SSSR count). The normalized spacial score (nSPS) is 15.7. The van der Waals surface area contributed by atoms with Crippen LogP contribution >= 0.6 is 11.8 Å². The molecule has 4 N–H and O–H groups in total. The van der Waals surface area contributed by atoms with Crippen LogP contribution in [0.15, 0.2) is 24.3 Å². The van der Waals surface area contributed by atoms with Gasteiger partial charge in [0.25, 0.3) is 0 Å². The van der Waals surface area contributed by atoms with Crippen molar-refractivity contribution in [2.75, 3.05) is 90.1 Å². The number of aryl methyl sites for hydroxylation is 1. The number of carbonyl (C=O) groups excluding carboxylic acids is 8. The molecule has 2 atom stereocenters. The topological polar surface area (TPSA) is 228 Å². The van der Waals surface area contributed by atoms with E-state index in [9.17, 15) is 38.4 Å². The van der Waals surface area contributed by atoms with E-state index < -0.39 is 54.0 Å². The fourth-order valence-electron chi connectivity index (χ4n) is 5.36. The van der Waals surface area contributed by atoms with E-state index in [1.54, 1.807) is 31.2 Å². The molecule has 2 heterocycles. The van der Waals surface area contributed by atoms with Crippen LogP contribution in [0.2, 0.25) is 0 Å². The second kappa shape index (κ2) is 25.7. The number of nitrogens with one attached hydrogen (secondary N) is 4. The molecule has 0 bridgehead atoms. The van der Waals surface area contributed by atoms with Crippen molar-refractivity contribution in [2.45, 2.75) is 63.7 Å². The summed E-state index contributed by atoms with van der Waals surface area (Å²) < 4.78 is 21.6. The Morgan fingerprint density at radius 1 is 0.804 bits per heavy atom. The molecule has 1 aromatic carbocycles. The maximum atomic E-state index is 13.2. The lowest BCUT2D eigenvalue weighted by atomic mass is 10.1. The first-order valence-electron chi connectivity index (χ1n) is 18.8. The second-order valence-corrected chi connectivity index (χ2v) is 14.0. The minimum atomic E-state index is -1.12. The number of amides is 8. The van der Waals surface area contributed by atoms with E-state index in [-0.39, 0.29) is 62.4 Å². The van der Waals surface area contributed by atoms with Gasteiger partial charge < -0.3 is 40.2 Å². The van der Waals surface area contributed by atoms with E-state index in [0.717, 1.165) is 28.6 Å². The van der Waals surface area contributed by atoms with Gasteiger partial charge in [0.2, 0.25) is 47.3 Å². The molecule has 0 aliphatic carbocycles. The zero-order valence-electron chi connectivity index (χ0n) is 32.1. The third kappa shape index (κ3) is 16.7. The Balaban J connectivity index is 1.43. The van der Waals surface area contributed by atoms with Crippen LogP contribution < -0.4 is 21.3 Å². The molecule has 19 heteroatoms. The quantitative estimate of drug-likeness (QED) is 0.0489. The summed E-state index contributed by atoms with van der Waals surface area (Å²) in [5.74, 6) is -3.38. The van der Waals surface area contributed by atoms with Crippen molar-refractivity contribution in [1.29, 1.82) is 0 Å². The van der Waals surface area contributed by atoms with E-state index in [2.05, 4.69) is 21.3 Å². The van der Waals surface area contributed by atoms with E-state index in [1.807, 2.05) is 6.92 Å². The molecule has 2 aliphatic heterocycles. The van der Waals surface area contributed by atoms with Gasteiger partial charge in [-0.1, -0.05) is 19.1 Å². The Labute approximate surface area is 330 Å². The van der Waals surface area contributed by atoms with Crippen LogP contribution in [0.25, 0.3) is 0 Å². The average Bonchev–Trinajstić information content (AvgIpc) is 3.44. The van der Waals surface area contributed by atoms with Crippen molar-refractivity contribution in [3.63, 3.8) is 0 Å². The van der Waals surface area contributed by atoms with Gasteiger partial charge in [-0.3, -0.25) is 48.2 Å². The number of thioether (sulfide) groups is 1. The van der Waals surface area contributed by atoms with Crippen LogP contribution in [0.4, 0.5) is 5.69 Å². The molecule has 8 amide bonds. The van der Waals surface area contributed by atoms with Gasteiger partial charge in [-0.05, 0) is 37.5 Å².